The number of fused-ring (bicyclic) bond motifs is 1. The van der Waals surface area contributed by atoms with Crippen molar-refractivity contribution < 1.29 is 24.5 Å². The van der Waals surface area contributed by atoms with Crippen LogP contribution in [0.2, 0.25) is 0 Å². The van der Waals surface area contributed by atoms with Gasteiger partial charge in [0, 0.05) is 41.2 Å². The molecule has 4 rings (SSSR count). The van der Waals surface area contributed by atoms with Crippen molar-refractivity contribution in [2.24, 2.45) is 4.99 Å². The zero-order valence-electron chi connectivity index (χ0n) is 19.1. The molecule has 34 heavy (non-hydrogen) atoms. The van der Waals surface area contributed by atoms with Crippen LogP contribution >= 0.6 is 11.8 Å². The highest BCUT2D eigenvalue weighted by Gasteiger charge is 2.28. The monoisotopic (exact) mass is 483 g/mol. The van der Waals surface area contributed by atoms with Crippen molar-refractivity contribution in [1.82, 2.24) is 4.42 Å². The molecule has 1 aliphatic rings. The number of hydrogen-bond acceptors (Lipinski definition) is 7. The van der Waals surface area contributed by atoms with E-state index in [9.17, 15) is 5.11 Å². The molecule has 178 valence electrons. The summed E-state index contributed by atoms with van der Waals surface area (Å²) >= 11 is 6.63. The minimum Gasteiger partial charge on any atom is -0.493 e. The highest BCUT2D eigenvalue weighted by atomic mass is 35.5. The maximum atomic E-state index is 11.4. The fourth-order valence-corrected chi connectivity index (χ4v) is 3.73. The minimum absolute atomic E-state index is 0.226. The number of aliphatic hydroxyl groups is 1. The largest absolute Gasteiger partial charge is 0.493 e. The van der Waals surface area contributed by atoms with Gasteiger partial charge in [-0.1, -0.05) is 48.5 Å². The molecule has 0 fully saturated rings. The first-order chi connectivity index (χ1) is 16.4. The molecule has 9 heteroatoms. The summed E-state index contributed by atoms with van der Waals surface area (Å²) in [6.45, 7) is 1.31. The predicted octanol–water partition coefficient (Wildman–Crippen LogP) is 3.10. The van der Waals surface area contributed by atoms with Crippen molar-refractivity contribution in [3.63, 3.8) is 0 Å². The number of benzene rings is 3. The summed E-state index contributed by atoms with van der Waals surface area (Å²) in [7, 11) is 3.16. The number of aliphatic carboxylic acids is 1. The smallest absolute Gasteiger partial charge is 0.300 e. The van der Waals surface area contributed by atoms with Crippen LogP contribution in [0.25, 0.3) is 5.82 Å². The topological polar surface area (TPSA) is 94.8 Å². The SMILES string of the molecule is CC(=O)O.COc1cc2c(cc1OC)=C(N(c1ccccc1)C(O)c1ccccc1)N(Cl)CN=2. The van der Waals surface area contributed by atoms with Gasteiger partial charge in [0.15, 0.2) is 17.7 Å². The van der Waals surface area contributed by atoms with Crippen LogP contribution in [0.3, 0.4) is 0 Å². The number of methoxy groups -OCH3 is 2. The van der Waals surface area contributed by atoms with Gasteiger partial charge in [0.1, 0.15) is 12.5 Å². The average molecular weight is 484 g/mol. The van der Waals surface area contributed by atoms with Gasteiger partial charge in [-0.3, -0.25) is 14.7 Å². The van der Waals surface area contributed by atoms with Crippen LogP contribution in [0.1, 0.15) is 18.7 Å². The molecule has 0 saturated heterocycles. The summed E-state index contributed by atoms with van der Waals surface area (Å²) in [4.78, 5) is 15.3. The Kier molecular flexibility index (Phi) is 8.34. The fraction of sp³-hybridized carbons (Fsp3) is 0.200. The van der Waals surface area contributed by atoms with E-state index in [0.29, 0.717) is 22.7 Å². The van der Waals surface area contributed by atoms with E-state index in [-0.39, 0.29) is 6.67 Å². The molecule has 0 aliphatic carbocycles. The third kappa shape index (κ3) is 5.59. The Balaban J connectivity index is 0.000000751. The molecule has 0 radical (unpaired) electrons. The van der Waals surface area contributed by atoms with Gasteiger partial charge in [0.2, 0.25) is 0 Å². The van der Waals surface area contributed by atoms with E-state index >= 15 is 0 Å². The lowest BCUT2D eigenvalue weighted by Gasteiger charge is -2.36. The molecular weight excluding hydrogens is 458 g/mol. The van der Waals surface area contributed by atoms with Gasteiger partial charge in [0.05, 0.1) is 19.6 Å². The van der Waals surface area contributed by atoms with E-state index in [4.69, 9.17) is 31.2 Å². The highest BCUT2D eigenvalue weighted by Crippen LogP contribution is 2.33. The molecule has 1 atom stereocenters. The first-order valence-corrected chi connectivity index (χ1v) is 10.7. The van der Waals surface area contributed by atoms with Gasteiger partial charge < -0.3 is 19.7 Å². The highest BCUT2D eigenvalue weighted by molar-refractivity contribution is 6.17. The quantitative estimate of drug-likeness (QED) is 0.411. The first kappa shape index (κ1) is 24.9. The second kappa shape index (κ2) is 11.4. The number of ether oxygens (including phenoxy) is 2. The molecule has 0 amide bonds. The number of anilines is 1. The second-order valence-electron chi connectivity index (χ2n) is 7.22. The van der Waals surface area contributed by atoms with Gasteiger partial charge >= 0.3 is 0 Å². The Labute approximate surface area is 202 Å². The fourth-order valence-electron chi connectivity index (χ4n) is 3.50. The lowest BCUT2D eigenvalue weighted by molar-refractivity contribution is -0.134. The number of nitrogens with zero attached hydrogens (tertiary/aromatic N) is 3. The Morgan fingerprint density at radius 2 is 1.56 bits per heavy atom. The maximum Gasteiger partial charge on any atom is 0.300 e. The van der Waals surface area contributed by atoms with Gasteiger partial charge in [-0.05, 0) is 18.2 Å². The van der Waals surface area contributed by atoms with Crippen molar-refractivity contribution >= 4 is 29.3 Å². The summed E-state index contributed by atoms with van der Waals surface area (Å²) in [6.07, 6.45) is -0.969. The zero-order chi connectivity index (χ0) is 24.7. The lowest BCUT2D eigenvalue weighted by Crippen LogP contribution is -2.45. The van der Waals surface area contributed by atoms with E-state index in [2.05, 4.69) is 4.99 Å². The van der Waals surface area contributed by atoms with Crippen LogP contribution in [0.5, 0.6) is 11.5 Å². The van der Waals surface area contributed by atoms with Gasteiger partial charge in [-0.15, -0.1) is 0 Å². The number of aliphatic hydroxyl groups excluding tert-OH is 1. The number of hydrogen-bond donors (Lipinski definition) is 2. The number of carbonyl (C=O) groups is 1. The second-order valence-corrected chi connectivity index (χ2v) is 7.63. The van der Waals surface area contributed by atoms with E-state index in [1.807, 2.05) is 72.8 Å². The minimum atomic E-state index is -0.969. The zero-order valence-corrected chi connectivity index (χ0v) is 19.8. The standard InChI is InChI=1S/C23H22ClN3O3.C2H4O2/c1-29-20-13-18-19(14-21(20)30-2)25-15-26(24)22(18)27(17-11-7-4-8-12-17)23(28)16-9-5-3-6-10-16;1-2(3)4/h3-14,23,28H,15H2,1-2H3;1H3,(H,3,4). The van der Waals surface area contributed by atoms with Crippen LogP contribution in [-0.2, 0) is 4.79 Å². The lowest BCUT2D eigenvalue weighted by atomic mass is 10.1. The Bertz CT molecular complexity index is 1230. The number of halogens is 1. The molecule has 1 heterocycles. The number of carboxylic acids is 1. The van der Waals surface area contributed by atoms with Crippen molar-refractivity contribution in [3.05, 3.63) is 88.9 Å². The average Bonchev–Trinajstić information content (AvgIpc) is 2.85. The summed E-state index contributed by atoms with van der Waals surface area (Å²) in [5.74, 6) is 0.903. The van der Waals surface area contributed by atoms with Crippen LogP contribution < -0.4 is 24.9 Å². The third-order valence-electron chi connectivity index (χ3n) is 4.94. The van der Waals surface area contributed by atoms with E-state index in [0.717, 1.165) is 23.4 Å². The molecular formula is C25H26ClN3O5. The third-order valence-corrected chi connectivity index (χ3v) is 5.21. The molecule has 3 aromatic carbocycles. The molecule has 3 aromatic rings. The van der Waals surface area contributed by atoms with Crippen molar-refractivity contribution in [2.45, 2.75) is 13.2 Å². The number of para-hydroxylation sites is 1. The molecule has 8 nitrogen and oxygen atoms in total. The van der Waals surface area contributed by atoms with Crippen molar-refractivity contribution in [3.8, 4) is 11.5 Å². The molecule has 0 aromatic heterocycles. The van der Waals surface area contributed by atoms with Crippen molar-refractivity contribution in [1.29, 1.82) is 0 Å². The normalized spacial score (nSPS) is 13.0. The number of carboxylic acid groups (broad SMARTS) is 1. The molecule has 0 saturated carbocycles. The molecule has 0 spiro atoms. The van der Waals surface area contributed by atoms with Gasteiger partial charge in [-0.25, -0.2) is 4.42 Å². The molecule has 0 bridgehead atoms. The Morgan fingerprint density at radius 3 is 2.12 bits per heavy atom. The molecule has 1 aliphatic heterocycles. The van der Waals surface area contributed by atoms with Crippen LogP contribution in [0.4, 0.5) is 5.69 Å². The Morgan fingerprint density at radius 1 is 1.03 bits per heavy atom. The van der Waals surface area contributed by atoms with Gasteiger partial charge in [0.25, 0.3) is 5.97 Å². The predicted molar refractivity (Wildman–Crippen MR) is 130 cm³/mol. The van der Waals surface area contributed by atoms with E-state index in [1.54, 1.807) is 19.1 Å². The van der Waals surface area contributed by atoms with E-state index in [1.165, 1.54) is 4.42 Å². The maximum absolute atomic E-state index is 11.4. The van der Waals surface area contributed by atoms with Crippen LogP contribution in [-0.4, -0.2) is 41.5 Å². The van der Waals surface area contributed by atoms with Crippen LogP contribution in [0, 0.1) is 0 Å². The van der Waals surface area contributed by atoms with Gasteiger partial charge in [-0.2, -0.15) is 0 Å². The summed E-state index contributed by atoms with van der Waals surface area (Å²) in [5, 5.41) is 20.2. The van der Waals surface area contributed by atoms with Crippen LogP contribution in [0.15, 0.2) is 77.8 Å². The summed E-state index contributed by atoms with van der Waals surface area (Å²) in [5.41, 5.74) is 1.53. The summed E-state index contributed by atoms with van der Waals surface area (Å²) < 4.78 is 12.4. The van der Waals surface area contributed by atoms with E-state index < -0.39 is 12.2 Å². The first-order valence-electron chi connectivity index (χ1n) is 10.4. The Hall–Kier alpha value is -3.75. The van der Waals surface area contributed by atoms with Crippen molar-refractivity contribution in [2.75, 3.05) is 25.8 Å². The molecule has 1 unspecified atom stereocenters. The summed E-state index contributed by atoms with van der Waals surface area (Å²) in [6, 6.07) is 22.7. The number of rotatable bonds is 6. The molecule has 2 N–H and O–H groups in total.